The molecule has 30 heavy (non-hydrogen) atoms. The van der Waals surface area contributed by atoms with Crippen molar-refractivity contribution in [2.24, 2.45) is 18.0 Å². The van der Waals surface area contributed by atoms with Gasteiger partial charge in [-0.2, -0.15) is 0 Å². The van der Waals surface area contributed by atoms with Crippen LogP contribution >= 0.6 is 11.8 Å². The zero-order valence-corrected chi connectivity index (χ0v) is 18.5. The Morgan fingerprint density at radius 2 is 1.97 bits per heavy atom. The van der Waals surface area contributed by atoms with Gasteiger partial charge < -0.3 is 4.57 Å². The van der Waals surface area contributed by atoms with Crippen LogP contribution in [0.5, 0.6) is 0 Å². The van der Waals surface area contributed by atoms with Gasteiger partial charge in [0.15, 0.2) is 0 Å². The summed E-state index contributed by atoms with van der Waals surface area (Å²) >= 11 is 1.51. The first-order chi connectivity index (χ1) is 14.4. The fraction of sp³-hybridized carbons (Fsp3) is 0.333. The minimum atomic E-state index is -0.0497. The molecule has 0 amide bonds. The zero-order valence-electron chi connectivity index (χ0n) is 17.7. The maximum absolute atomic E-state index is 13.1. The molecular weight excluding hydrogens is 394 g/mol. The average molecular weight is 420 g/mol. The van der Waals surface area contributed by atoms with E-state index in [1.807, 2.05) is 50.4 Å². The standard InChI is InChI=1S/C24H25N3O2S/c1-14-5-8-18(26-23(30-4)12-22(28)16-6-7-16)11-19(14)20-10-17-13-25-15(2)9-21(17)27(3)24(20)29/h5,8-11,13,16H,6-7,12H2,1-4H3. The van der Waals surface area contributed by atoms with Crippen molar-refractivity contribution in [3.63, 3.8) is 0 Å². The quantitative estimate of drug-likeness (QED) is 0.432. The molecule has 2 aromatic heterocycles. The molecule has 0 atom stereocenters. The Bertz CT molecular complexity index is 1240. The van der Waals surface area contributed by atoms with Crippen LogP contribution in [0.1, 0.15) is 30.5 Å². The van der Waals surface area contributed by atoms with Crippen LogP contribution < -0.4 is 5.56 Å². The lowest BCUT2D eigenvalue weighted by atomic mass is 9.99. The molecule has 2 heterocycles. The maximum atomic E-state index is 13.1. The Morgan fingerprint density at radius 3 is 2.67 bits per heavy atom. The molecule has 0 N–H and O–H groups in total. The second-order valence-electron chi connectivity index (χ2n) is 7.93. The number of fused-ring (bicyclic) bond motifs is 1. The summed E-state index contributed by atoms with van der Waals surface area (Å²) in [5, 5.41) is 1.73. The predicted octanol–water partition coefficient (Wildman–Crippen LogP) is 4.98. The first-order valence-electron chi connectivity index (χ1n) is 10.1. The van der Waals surface area contributed by atoms with Gasteiger partial charge in [-0.1, -0.05) is 6.07 Å². The highest BCUT2D eigenvalue weighted by Gasteiger charge is 2.29. The molecule has 1 aromatic carbocycles. The molecule has 154 valence electrons. The van der Waals surface area contributed by atoms with Crippen LogP contribution in [0.15, 0.2) is 46.3 Å². The monoisotopic (exact) mass is 419 g/mol. The lowest BCUT2D eigenvalue weighted by Gasteiger charge is -2.12. The molecular formula is C24H25N3O2S. The topological polar surface area (TPSA) is 64.3 Å². The van der Waals surface area contributed by atoms with Crippen LogP contribution in [-0.4, -0.2) is 26.6 Å². The molecule has 1 fully saturated rings. The van der Waals surface area contributed by atoms with Crippen LogP contribution in [-0.2, 0) is 11.8 Å². The number of hydrogen-bond acceptors (Lipinski definition) is 5. The van der Waals surface area contributed by atoms with Crippen LogP contribution in [0.3, 0.4) is 0 Å². The van der Waals surface area contributed by atoms with Crippen LogP contribution in [0.25, 0.3) is 22.0 Å². The van der Waals surface area contributed by atoms with Crippen molar-refractivity contribution in [1.29, 1.82) is 0 Å². The lowest BCUT2D eigenvalue weighted by Crippen LogP contribution is -2.19. The Morgan fingerprint density at radius 1 is 1.20 bits per heavy atom. The van der Waals surface area contributed by atoms with E-state index in [9.17, 15) is 9.59 Å². The summed E-state index contributed by atoms with van der Waals surface area (Å²) in [7, 11) is 1.79. The van der Waals surface area contributed by atoms with E-state index in [1.165, 1.54) is 11.8 Å². The minimum Gasteiger partial charge on any atom is -0.311 e. The van der Waals surface area contributed by atoms with Gasteiger partial charge in [0.25, 0.3) is 5.56 Å². The molecule has 0 bridgehead atoms. The number of aromatic nitrogens is 2. The summed E-state index contributed by atoms with van der Waals surface area (Å²) in [5.74, 6) is 0.510. The molecule has 1 aliphatic carbocycles. The number of benzene rings is 1. The van der Waals surface area contributed by atoms with E-state index < -0.39 is 0 Å². The summed E-state index contributed by atoms with van der Waals surface area (Å²) < 4.78 is 1.68. The predicted molar refractivity (Wildman–Crippen MR) is 125 cm³/mol. The average Bonchev–Trinajstić information content (AvgIpc) is 3.57. The Balaban J connectivity index is 1.77. The number of carbonyl (C=O) groups is 1. The maximum Gasteiger partial charge on any atom is 0.258 e. The van der Waals surface area contributed by atoms with Gasteiger partial charge in [-0.05, 0) is 68.3 Å². The number of ketones is 1. The number of pyridine rings is 2. The smallest absolute Gasteiger partial charge is 0.258 e. The van der Waals surface area contributed by atoms with Crippen LogP contribution in [0, 0.1) is 19.8 Å². The number of aryl methyl sites for hydroxylation is 3. The van der Waals surface area contributed by atoms with Gasteiger partial charge in [0.1, 0.15) is 5.78 Å². The van der Waals surface area contributed by atoms with E-state index in [1.54, 1.807) is 17.8 Å². The van der Waals surface area contributed by atoms with E-state index in [2.05, 4.69) is 4.98 Å². The van der Waals surface area contributed by atoms with Gasteiger partial charge in [-0.3, -0.25) is 14.6 Å². The van der Waals surface area contributed by atoms with Gasteiger partial charge in [0.2, 0.25) is 0 Å². The van der Waals surface area contributed by atoms with Gasteiger partial charge in [-0.15, -0.1) is 11.8 Å². The lowest BCUT2D eigenvalue weighted by molar-refractivity contribution is -0.119. The van der Waals surface area contributed by atoms with E-state index >= 15 is 0 Å². The van der Waals surface area contributed by atoms with E-state index in [4.69, 9.17) is 4.99 Å². The highest BCUT2D eigenvalue weighted by Crippen LogP contribution is 2.32. The number of carbonyl (C=O) groups excluding carboxylic acids is 1. The molecule has 0 aliphatic heterocycles. The van der Waals surface area contributed by atoms with Crippen molar-refractivity contribution in [3.05, 3.63) is 58.1 Å². The highest BCUT2D eigenvalue weighted by molar-refractivity contribution is 8.13. The molecule has 1 saturated carbocycles. The molecule has 0 unspecified atom stereocenters. The van der Waals surface area contributed by atoms with Crippen molar-refractivity contribution in [2.45, 2.75) is 33.1 Å². The van der Waals surface area contributed by atoms with Crippen molar-refractivity contribution in [3.8, 4) is 11.1 Å². The number of hydrogen-bond donors (Lipinski definition) is 0. The number of aliphatic imine (C=N–C) groups is 1. The second-order valence-corrected chi connectivity index (χ2v) is 8.81. The van der Waals surface area contributed by atoms with Gasteiger partial charge >= 0.3 is 0 Å². The van der Waals surface area contributed by atoms with Crippen molar-refractivity contribution in [1.82, 2.24) is 9.55 Å². The fourth-order valence-corrected chi connectivity index (χ4v) is 4.11. The Hall–Kier alpha value is -2.73. The molecule has 5 nitrogen and oxygen atoms in total. The number of nitrogens with zero attached hydrogens (tertiary/aromatic N) is 3. The summed E-state index contributed by atoms with van der Waals surface area (Å²) in [6.07, 6.45) is 6.16. The first-order valence-corrected chi connectivity index (χ1v) is 11.3. The summed E-state index contributed by atoms with van der Waals surface area (Å²) in [4.78, 5) is 34.4. The molecule has 1 aliphatic rings. The number of thioether (sulfide) groups is 1. The SMILES string of the molecule is CSC(CC(=O)C1CC1)=Nc1ccc(C)c(-c2cc3cnc(C)cc3n(C)c2=O)c1. The second kappa shape index (κ2) is 8.19. The first kappa shape index (κ1) is 20.5. The summed E-state index contributed by atoms with van der Waals surface area (Å²) in [6, 6.07) is 9.69. The molecule has 0 spiro atoms. The Labute approximate surface area is 180 Å². The van der Waals surface area contributed by atoms with Gasteiger partial charge in [0, 0.05) is 35.8 Å². The van der Waals surface area contributed by atoms with Crippen LogP contribution in [0.2, 0.25) is 0 Å². The number of rotatable bonds is 5. The molecule has 6 heteroatoms. The van der Waals surface area contributed by atoms with E-state index in [-0.39, 0.29) is 17.3 Å². The third-order valence-electron chi connectivity index (χ3n) is 5.60. The van der Waals surface area contributed by atoms with E-state index in [0.29, 0.717) is 12.0 Å². The largest absolute Gasteiger partial charge is 0.311 e. The molecule has 3 aromatic rings. The molecule has 0 saturated heterocycles. The zero-order chi connectivity index (χ0) is 21.4. The third-order valence-corrected chi connectivity index (χ3v) is 6.31. The van der Waals surface area contributed by atoms with Crippen molar-refractivity contribution in [2.75, 3.05) is 6.26 Å². The van der Waals surface area contributed by atoms with Gasteiger partial charge in [0.05, 0.1) is 22.7 Å². The van der Waals surface area contributed by atoms with Gasteiger partial charge in [-0.25, -0.2) is 4.99 Å². The minimum absolute atomic E-state index is 0.0497. The molecule has 4 rings (SSSR count). The normalized spacial score (nSPS) is 14.3. The third kappa shape index (κ3) is 4.10. The fourth-order valence-electron chi connectivity index (χ4n) is 3.63. The van der Waals surface area contributed by atoms with Crippen molar-refractivity contribution < 1.29 is 4.79 Å². The molecule has 0 radical (unpaired) electrons. The Kier molecular flexibility index (Phi) is 5.60. The summed E-state index contributed by atoms with van der Waals surface area (Å²) in [5.41, 5.74) is 4.94. The summed E-state index contributed by atoms with van der Waals surface area (Å²) in [6.45, 7) is 3.91. The highest BCUT2D eigenvalue weighted by atomic mass is 32.2. The van der Waals surface area contributed by atoms with Crippen LogP contribution in [0.4, 0.5) is 5.69 Å². The van der Waals surface area contributed by atoms with Crippen molar-refractivity contribution >= 4 is 39.2 Å². The number of Topliss-reactive ketones (excluding diaryl/α,β-unsaturated/α-hetero) is 1. The van der Waals surface area contributed by atoms with E-state index in [0.717, 1.165) is 51.3 Å².